The van der Waals surface area contributed by atoms with Crippen molar-refractivity contribution in [1.82, 2.24) is 4.90 Å². The third kappa shape index (κ3) is 3.44. The zero-order chi connectivity index (χ0) is 18.7. The summed E-state index contributed by atoms with van der Waals surface area (Å²) in [5.74, 6) is -0.267. The Morgan fingerprint density at radius 3 is 2.54 bits per heavy atom. The molecule has 2 aliphatic rings. The lowest BCUT2D eigenvalue weighted by Crippen LogP contribution is -3.19. The predicted molar refractivity (Wildman–Crippen MR) is 96.0 cm³/mol. The van der Waals surface area contributed by atoms with E-state index in [0.29, 0.717) is 38.5 Å². The number of para-hydroxylation sites is 1. The van der Waals surface area contributed by atoms with Crippen molar-refractivity contribution in [3.05, 3.63) is 29.8 Å². The summed E-state index contributed by atoms with van der Waals surface area (Å²) < 4.78 is 5.03. The van der Waals surface area contributed by atoms with Crippen LogP contribution in [0.5, 0.6) is 0 Å². The van der Waals surface area contributed by atoms with E-state index in [1.54, 1.807) is 11.8 Å². The first-order valence-corrected chi connectivity index (χ1v) is 9.27. The van der Waals surface area contributed by atoms with Crippen LogP contribution in [0.2, 0.25) is 0 Å². The molecule has 7 nitrogen and oxygen atoms in total. The molecule has 0 radical (unpaired) electrons. The molecule has 1 atom stereocenters. The van der Waals surface area contributed by atoms with Gasteiger partial charge in [0, 0.05) is 0 Å². The molecular weight excluding hydrogens is 334 g/mol. The molecule has 3 amide bonds. The number of piperazine rings is 1. The Hall–Kier alpha value is -2.41. The summed E-state index contributed by atoms with van der Waals surface area (Å²) in [7, 11) is 0. The van der Waals surface area contributed by atoms with Gasteiger partial charge < -0.3 is 9.64 Å². The van der Waals surface area contributed by atoms with Crippen molar-refractivity contribution in [2.24, 2.45) is 0 Å². The summed E-state index contributed by atoms with van der Waals surface area (Å²) in [6.45, 7) is 6.52. The van der Waals surface area contributed by atoms with E-state index in [1.165, 1.54) is 4.90 Å². The lowest BCUT2D eigenvalue weighted by atomic mass is 10.1. The number of imide groups is 1. The molecule has 0 bridgehead atoms. The van der Waals surface area contributed by atoms with Gasteiger partial charge in [-0.05, 0) is 25.0 Å². The van der Waals surface area contributed by atoms with Gasteiger partial charge in [0.1, 0.15) is 0 Å². The van der Waals surface area contributed by atoms with E-state index in [9.17, 15) is 14.4 Å². The number of carbonyl (C=O) groups excluding carboxylic acids is 3. The molecule has 0 unspecified atom stereocenters. The molecule has 3 rings (SSSR count). The molecule has 2 aliphatic heterocycles. The van der Waals surface area contributed by atoms with Gasteiger partial charge in [-0.3, -0.25) is 14.5 Å². The summed E-state index contributed by atoms with van der Waals surface area (Å²) in [5.41, 5.74) is 1.70. The Morgan fingerprint density at radius 2 is 1.88 bits per heavy atom. The van der Waals surface area contributed by atoms with E-state index in [-0.39, 0.29) is 30.4 Å². The van der Waals surface area contributed by atoms with Gasteiger partial charge in [0.25, 0.3) is 5.91 Å². The lowest BCUT2D eigenvalue weighted by molar-refractivity contribution is -0.918. The maximum Gasteiger partial charge on any atom is 0.410 e. The zero-order valence-corrected chi connectivity index (χ0v) is 15.4. The van der Waals surface area contributed by atoms with Crippen molar-refractivity contribution >= 4 is 23.6 Å². The van der Waals surface area contributed by atoms with Crippen molar-refractivity contribution < 1.29 is 24.0 Å². The van der Waals surface area contributed by atoms with Crippen LogP contribution in [0, 0.1) is 0 Å². The van der Waals surface area contributed by atoms with Crippen LogP contribution in [0.4, 0.5) is 10.5 Å². The van der Waals surface area contributed by atoms with Crippen LogP contribution in [-0.4, -0.2) is 61.6 Å². The Kier molecular flexibility index (Phi) is 5.56. The topological polar surface area (TPSA) is 71.4 Å². The smallest absolute Gasteiger partial charge is 0.410 e. The minimum absolute atomic E-state index is 0.129. The average Bonchev–Trinajstić information content (AvgIpc) is 2.96. The molecule has 26 heavy (non-hydrogen) atoms. The number of anilines is 1. The number of quaternary nitrogens is 1. The highest BCUT2D eigenvalue weighted by atomic mass is 16.6. The Morgan fingerprint density at radius 1 is 1.19 bits per heavy atom. The van der Waals surface area contributed by atoms with E-state index in [2.05, 4.69) is 0 Å². The zero-order valence-electron chi connectivity index (χ0n) is 15.4. The van der Waals surface area contributed by atoms with E-state index < -0.39 is 0 Å². The fourth-order valence-corrected chi connectivity index (χ4v) is 3.77. The minimum Gasteiger partial charge on any atom is -0.450 e. The normalized spacial score (nSPS) is 21.4. The molecule has 2 fully saturated rings. The summed E-state index contributed by atoms with van der Waals surface area (Å²) in [6, 6.07) is 7.20. The van der Waals surface area contributed by atoms with E-state index in [4.69, 9.17) is 4.74 Å². The van der Waals surface area contributed by atoms with Crippen molar-refractivity contribution in [2.45, 2.75) is 32.7 Å². The predicted octanol–water partition coefficient (Wildman–Crippen LogP) is 0.238. The van der Waals surface area contributed by atoms with E-state index >= 15 is 0 Å². The molecule has 1 aromatic carbocycles. The molecule has 0 aliphatic carbocycles. The van der Waals surface area contributed by atoms with Gasteiger partial charge in [-0.15, -0.1) is 0 Å². The van der Waals surface area contributed by atoms with Gasteiger partial charge in [0.2, 0.25) is 5.91 Å². The highest BCUT2D eigenvalue weighted by molar-refractivity contribution is 6.22. The second kappa shape index (κ2) is 7.86. The third-order valence-electron chi connectivity index (χ3n) is 5.18. The standard InChI is InChI=1S/C19H25N3O4/c1-3-14-7-5-6-8-15(14)22-17(23)13-16(18(22)24)20-9-11-21(12-10-20)19(25)26-4-2/h5-8,16H,3-4,9-13H2,1-2H3/p+1/t16-/m1/s1. The summed E-state index contributed by atoms with van der Waals surface area (Å²) >= 11 is 0. The summed E-state index contributed by atoms with van der Waals surface area (Å²) in [6.07, 6.45) is 0.688. The van der Waals surface area contributed by atoms with Gasteiger partial charge in [-0.1, -0.05) is 25.1 Å². The molecule has 0 aromatic heterocycles. The maximum atomic E-state index is 13.0. The first-order valence-electron chi connectivity index (χ1n) is 9.27. The molecule has 0 spiro atoms. The van der Waals surface area contributed by atoms with Gasteiger partial charge in [0.15, 0.2) is 6.04 Å². The number of benzene rings is 1. The Bertz CT molecular complexity index is 698. The van der Waals surface area contributed by atoms with Gasteiger partial charge in [-0.25, -0.2) is 9.69 Å². The summed E-state index contributed by atoms with van der Waals surface area (Å²) in [5, 5.41) is 0. The molecule has 140 valence electrons. The number of aryl methyl sites for hydroxylation is 1. The number of nitrogens with one attached hydrogen (secondary N) is 1. The largest absolute Gasteiger partial charge is 0.450 e. The number of hydrogen-bond acceptors (Lipinski definition) is 4. The number of carbonyl (C=O) groups is 3. The SMILES string of the molecule is CCOC(=O)N1CC[NH+]([C@@H]2CC(=O)N(c3ccccc3CC)C2=O)CC1. The second-order valence-electron chi connectivity index (χ2n) is 6.65. The van der Waals surface area contributed by atoms with Gasteiger partial charge in [0.05, 0.1) is 44.9 Å². The Balaban J connectivity index is 1.69. The van der Waals surface area contributed by atoms with Crippen molar-refractivity contribution in [3.63, 3.8) is 0 Å². The molecule has 7 heteroatoms. The molecule has 1 N–H and O–H groups in total. The lowest BCUT2D eigenvalue weighted by Gasteiger charge is -2.33. The van der Waals surface area contributed by atoms with Crippen molar-refractivity contribution in [1.29, 1.82) is 0 Å². The number of hydrogen-bond donors (Lipinski definition) is 1. The number of ether oxygens (including phenoxy) is 1. The van der Waals surface area contributed by atoms with Crippen LogP contribution in [-0.2, 0) is 20.7 Å². The summed E-state index contributed by atoms with van der Waals surface area (Å²) in [4.78, 5) is 41.5. The molecule has 1 aromatic rings. The van der Waals surface area contributed by atoms with Gasteiger partial charge >= 0.3 is 6.09 Å². The molecule has 2 saturated heterocycles. The second-order valence-corrected chi connectivity index (χ2v) is 6.65. The highest BCUT2D eigenvalue weighted by Gasteiger charge is 2.47. The maximum absolute atomic E-state index is 13.0. The number of nitrogens with zero attached hydrogens (tertiary/aromatic N) is 2. The van der Waals surface area contributed by atoms with E-state index in [0.717, 1.165) is 16.9 Å². The van der Waals surface area contributed by atoms with Crippen LogP contribution < -0.4 is 9.80 Å². The number of rotatable bonds is 4. The van der Waals surface area contributed by atoms with Crippen LogP contribution in [0.3, 0.4) is 0 Å². The highest BCUT2D eigenvalue weighted by Crippen LogP contribution is 2.26. The van der Waals surface area contributed by atoms with Gasteiger partial charge in [-0.2, -0.15) is 0 Å². The quantitative estimate of drug-likeness (QED) is 0.781. The molecule has 2 heterocycles. The average molecular weight is 360 g/mol. The Labute approximate surface area is 153 Å². The molecule has 0 saturated carbocycles. The first-order chi connectivity index (χ1) is 12.6. The van der Waals surface area contributed by atoms with Crippen molar-refractivity contribution in [2.75, 3.05) is 37.7 Å². The first kappa shape index (κ1) is 18.4. The van der Waals surface area contributed by atoms with E-state index in [1.807, 2.05) is 31.2 Å². The fraction of sp³-hybridized carbons (Fsp3) is 0.526. The third-order valence-corrected chi connectivity index (χ3v) is 5.18. The van der Waals surface area contributed by atoms with Crippen LogP contribution in [0.25, 0.3) is 0 Å². The monoisotopic (exact) mass is 360 g/mol. The fourth-order valence-electron chi connectivity index (χ4n) is 3.77. The van der Waals surface area contributed by atoms with Crippen molar-refractivity contribution in [3.8, 4) is 0 Å². The number of amides is 3. The molecular formula is C19H26N3O4+. The van der Waals surface area contributed by atoms with Crippen LogP contribution in [0.1, 0.15) is 25.8 Å². The van der Waals surface area contributed by atoms with Crippen LogP contribution >= 0.6 is 0 Å². The minimum atomic E-state index is -0.364. The van der Waals surface area contributed by atoms with Crippen LogP contribution in [0.15, 0.2) is 24.3 Å².